The van der Waals surface area contributed by atoms with Gasteiger partial charge in [0.2, 0.25) is 5.91 Å². The second-order valence-electron chi connectivity index (χ2n) is 7.61. The summed E-state index contributed by atoms with van der Waals surface area (Å²) in [5, 5.41) is 0. The van der Waals surface area contributed by atoms with Gasteiger partial charge in [-0.1, -0.05) is 37.6 Å². The molecule has 0 saturated heterocycles. The van der Waals surface area contributed by atoms with Crippen molar-refractivity contribution in [2.45, 2.75) is 47.3 Å². The zero-order valence-corrected chi connectivity index (χ0v) is 17.1. The van der Waals surface area contributed by atoms with E-state index in [1.165, 1.54) is 16.7 Å². The molecule has 1 aromatic carbocycles. The van der Waals surface area contributed by atoms with E-state index in [1.54, 1.807) is 12.4 Å². The van der Waals surface area contributed by atoms with Gasteiger partial charge >= 0.3 is 0 Å². The molecular weight excluding hydrogens is 348 g/mol. The molecule has 28 heavy (non-hydrogen) atoms. The molecule has 0 bridgehead atoms. The van der Waals surface area contributed by atoms with Crippen molar-refractivity contribution in [3.8, 4) is 0 Å². The fourth-order valence-electron chi connectivity index (χ4n) is 3.25. The van der Waals surface area contributed by atoms with Crippen molar-refractivity contribution in [1.29, 1.82) is 0 Å². The quantitative estimate of drug-likeness (QED) is 0.623. The monoisotopic (exact) mass is 376 g/mol. The van der Waals surface area contributed by atoms with Gasteiger partial charge in [-0.2, -0.15) is 0 Å². The molecule has 1 amide bonds. The summed E-state index contributed by atoms with van der Waals surface area (Å²) in [5.74, 6) is 0.950. The van der Waals surface area contributed by atoms with Crippen molar-refractivity contribution in [3.63, 3.8) is 0 Å². The largest absolute Gasteiger partial charge is 0.331 e. The highest BCUT2D eigenvalue weighted by molar-refractivity contribution is 5.78. The van der Waals surface area contributed by atoms with Gasteiger partial charge in [0.25, 0.3) is 0 Å². The summed E-state index contributed by atoms with van der Waals surface area (Å²) in [4.78, 5) is 23.3. The standard InChI is InChI=1S/C23H28N4O/c1-17(2)23(28)27(14-20-7-9-24-10-8-20)16-22-25-11-12-26(22)15-21-13-18(3)5-6-19(21)4/h5-13,17H,14-16H2,1-4H3. The Kier molecular flexibility index (Phi) is 6.24. The fourth-order valence-corrected chi connectivity index (χ4v) is 3.25. The molecule has 5 nitrogen and oxygen atoms in total. The van der Waals surface area contributed by atoms with Gasteiger partial charge in [0.1, 0.15) is 5.82 Å². The van der Waals surface area contributed by atoms with Crippen molar-refractivity contribution in [2.75, 3.05) is 0 Å². The second-order valence-corrected chi connectivity index (χ2v) is 7.61. The number of imidazole rings is 1. The van der Waals surface area contributed by atoms with Crippen LogP contribution in [0.15, 0.2) is 55.1 Å². The van der Waals surface area contributed by atoms with Crippen LogP contribution >= 0.6 is 0 Å². The molecular formula is C23H28N4O. The van der Waals surface area contributed by atoms with Crippen LogP contribution in [-0.4, -0.2) is 25.3 Å². The van der Waals surface area contributed by atoms with Crippen molar-refractivity contribution < 1.29 is 4.79 Å². The van der Waals surface area contributed by atoms with E-state index < -0.39 is 0 Å². The lowest BCUT2D eigenvalue weighted by Crippen LogP contribution is -2.34. The lowest BCUT2D eigenvalue weighted by molar-refractivity contribution is -0.135. The third-order valence-electron chi connectivity index (χ3n) is 4.91. The molecule has 0 saturated carbocycles. The predicted molar refractivity (Wildman–Crippen MR) is 111 cm³/mol. The first-order valence-electron chi connectivity index (χ1n) is 9.68. The highest BCUT2D eigenvalue weighted by Crippen LogP contribution is 2.16. The molecule has 5 heteroatoms. The fraction of sp³-hybridized carbons (Fsp3) is 0.348. The van der Waals surface area contributed by atoms with Crippen LogP contribution in [0, 0.1) is 19.8 Å². The third kappa shape index (κ3) is 4.85. The maximum Gasteiger partial charge on any atom is 0.225 e. The van der Waals surface area contributed by atoms with Crippen molar-refractivity contribution in [2.24, 2.45) is 5.92 Å². The Morgan fingerprint density at radius 2 is 1.82 bits per heavy atom. The molecule has 2 heterocycles. The highest BCUT2D eigenvalue weighted by atomic mass is 16.2. The average Bonchev–Trinajstić information content (AvgIpc) is 3.11. The molecule has 2 aromatic heterocycles. The summed E-state index contributed by atoms with van der Waals surface area (Å²) in [6, 6.07) is 10.4. The molecule has 3 rings (SSSR count). The van der Waals surface area contributed by atoms with Crippen LogP contribution < -0.4 is 0 Å². The van der Waals surface area contributed by atoms with E-state index in [0.717, 1.165) is 17.9 Å². The Morgan fingerprint density at radius 3 is 2.54 bits per heavy atom. The topological polar surface area (TPSA) is 51.0 Å². The van der Waals surface area contributed by atoms with Gasteiger partial charge < -0.3 is 9.47 Å². The number of aromatic nitrogens is 3. The minimum absolute atomic E-state index is 0.0655. The molecule has 0 N–H and O–H groups in total. The zero-order valence-electron chi connectivity index (χ0n) is 17.1. The number of nitrogens with zero attached hydrogens (tertiary/aromatic N) is 4. The summed E-state index contributed by atoms with van der Waals surface area (Å²) in [5.41, 5.74) is 4.85. The molecule has 146 valence electrons. The average molecular weight is 377 g/mol. The number of carbonyl (C=O) groups excluding carboxylic acids is 1. The minimum atomic E-state index is -0.0655. The number of aryl methyl sites for hydroxylation is 2. The molecule has 3 aromatic rings. The molecule has 0 aliphatic carbocycles. The number of hydrogen-bond donors (Lipinski definition) is 0. The lowest BCUT2D eigenvalue weighted by Gasteiger charge is -2.25. The first-order valence-corrected chi connectivity index (χ1v) is 9.68. The van der Waals surface area contributed by atoms with Gasteiger partial charge in [-0.25, -0.2) is 4.98 Å². The van der Waals surface area contributed by atoms with Gasteiger partial charge in [-0.3, -0.25) is 9.78 Å². The number of carbonyl (C=O) groups is 1. The van der Waals surface area contributed by atoms with E-state index in [2.05, 4.69) is 46.6 Å². The van der Waals surface area contributed by atoms with Crippen LogP contribution in [0.3, 0.4) is 0 Å². The zero-order chi connectivity index (χ0) is 20.1. The summed E-state index contributed by atoms with van der Waals surface area (Å²) in [6.45, 7) is 9.89. The Hall–Kier alpha value is -2.95. The highest BCUT2D eigenvalue weighted by Gasteiger charge is 2.20. The Labute approximate surface area is 167 Å². The van der Waals surface area contributed by atoms with Gasteiger partial charge in [0, 0.05) is 43.8 Å². The predicted octanol–water partition coefficient (Wildman–Crippen LogP) is 4.13. The summed E-state index contributed by atoms with van der Waals surface area (Å²) in [7, 11) is 0. The summed E-state index contributed by atoms with van der Waals surface area (Å²) in [6.07, 6.45) is 7.32. The number of pyridine rings is 1. The Bertz CT molecular complexity index is 931. The van der Waals surface area contributed by atoms with Gasteiger partial charge in [0.15, 0.2) is 0 Å². The molecule has 0 aliphatic rings. The van der Waals surface area contributed by atoms with Gasteiger partial charge in [-0.15, -0.1) is 0 Å². The first kappa shape index (κ1) is 19.8. The summed E-state index contributed by atoms with van der Waals surface area (Å²) < 4.78 is 2.13. The molecule has 0 atom stereocenters. The number of hydrogen-bond acceptors (Lipinski definition) is 3. The van der Waals surface area contributed by atoms with Crippen LogP contribution in [0.25, 0.3) is 0 Å². The second kappa shape index (κ2) is 8.83. The maximum atomic E-state index is 12.8. The molecule has 0 aliphatic heterocycles. The first-order chi connectivity index (χ1) is 13.4. The van der Waals surface area contributed by atoms with Crippen molar-refractivity contribution in [3.05, 3.63) is 83.2 Å². The van der Waals surface area contributed by atoms with Gasteiger partial charge in [0.05, 0.1) is 6.54 Å². The third-order valence-corrected chi connectivity index (χ3v) is 4.91. The number of benzene rings is 1. The molecule has 0 radical (unpaired) electrons. The van der Waals surface area contributed by atoms with Crippen LogP contribution in [0.4, 0.5) is 0 Å². The van der Waals surface area contributed by atoms with E-state index in [0.29, 0.717) is 13.1 Å². The van der Waals surface area contributed by atoms with Crippen LogP contribution in [0.5, 0.6) is 0 Å². The molecule has 0 unspecified atom stereocenters. The Morgan fingerprint density at radius 1 is 1.07 bits per heavy atom. The maximum absolute atomic E-state index is 12.8. The van der Waals surface area contributed by atoms with E-state index in [9.17, 15) is 4.79 Å². The van der Waals surface area contributed by atoms with Gasteiger partial charge in [-0.05, 0) is 42.7 Å². The lowest BCUT2D eigenvalue weighted by atomic mass is 10.1. The van der Waals surface area contributed by atoms with E-state index in [4.69, 9.17) is 0 Å². The molecule has 0 spiro atoms. The Balaban J connectivity index is 1.82. The number of rotatable bonds is 7. The SMILES string of the molecule is Cc1ccc(C)c(Cn2ccnc2CN(Cc2ccncc2)C(=O)C(C)C)c1. The van der Waals surface area contributed by atoms with E-state index in [-0.39, 0.29) is 11.8 Å². The van der Waals surface area contributed by atoms with Crippen molar-refractivity contribution >= 4 is 5.91 Å². The summed E-state index contributed by atoms with van der Waals surface area (Å²) >= 11 is 0. The van der Waals surface area contributed by atoms with Crippen LogP contribution in [0.2, 0.25) is 0 Å². The molecule has 0 fully saturated rings. The van der Waals surface area contributed by atoms with E-state index in [1.807, 2.05) is 43.3 Å². The van der Waals surface area contributed by atoms with E-state index >= 15 is 0 Å². The smallest absolute Gasteiger partial charge is 0.225 e. The van der Waals surface area contributed by atoms with Crippen LogP contribution in [-0.2, 0) is 24.4 Å². The minimum Gasteiger partial charge on any atom is -0.331 e. The van der Waals surface area contributed by atoms with Crippen LogP contribution in [0.1, 0.15) is 41.9 Å². The van der Waals surface area contributed by atoms with Crippen molar-refractivity contribution in [1.82, 2.24) is 19.4 Å². The number of amides is 1. The normalized spacial score (nSPS) is 11.0.